The number of nitrogens with zero attached hydrogens (tertiary/aromatic N) is 4. The number of urea groups is 1. The second-order valence-corrected chi connectivity index (χ2v) is 12.1. The fraction of sp³-hybridized carbons (Fsp3) is 0.536. The first-order valence-corrected chi connectivity index (χ1v) is 14.7. The van der Waals surface area contributed by atoms with E-state index in [9.17, 15) is 14.8 Å². The Bertz CT molecular complexity index is 1200. The van der Waals surface area contributed by atoms with Gasteiger partial charge in [-0.3, -0.25) is 14.9 Å². The summed E-state index contributed by atoms with van der Waals surface area (Å²) < 4.78 is 2.15. The number of carbonyl (C=O) groups is 2. The second-order valence-electron chi connectivity index (χ2n) is 10.8. The van der Waals surface area contributed by atoms with Crippen molar-refractivity contribution >= 4 is 39.5 Å². The van der Waals surface area contributed by atoms with Crippen LogP contribution in [0.3, 0.4) is 0 Å². The number of fused-ring (bicyclic) bond motifs is 2. The topological polar surface area (TPSA) is 94.0 Å². The van der Waals surface area contributed by atoms with E-state index in [-0.39, 0.29) is 17.9 Å². The molecule has 3 amide bonds. The molecule has 3 aliphatic rings. The van der Waals surface area contributed by atoms with E-state index in [2.05, 4.69) is 39.0 Å². The van der Waals surface area contributed by atoms with Gasteiger partial charge in [0.25, 0.3) is 0 Å². The molecule has 8 nitrogen and oxygen atoms in total. The maximum Gasteiger partial charge on any atom is 0.314 e. The molecule has 1 aliphatic carbocycles. The van der Waals surface area contributed by atoms with Crippen molar-refractivity contribution in [2.24, 2.45) is 11.7 Å². The first kappa shape index (κ1) is 27.2. The first-order valence-electron chi connectivity index (χ1n) is 13.5. The minimum Gasteiger partial charge on any atom is -0.351 e. The summed E-state index contributed by atoms with van der Waals surface area (Å²) in [6.45, 7) is 5.34. The quantitative estimate of drug-likeness (QED) is 0.403. The molecular weight excluding hydrogens is 570 g/mol. The molecule has 10 heteroatoms. The Kier molecular flexibility index (Phi) is 8.45. The normalized spacial score (nSPS) is 20.5. The summed E-state index contributed by atoms with van der Waals surface area (Å²) in [5.41, 5.74) is 9.95. The van der Waals surface area contributed by atoms with Crippen LogP contribution in [0.1, 0.15) is 54.0 Å². The van der Waals surface area contributed by atoms with Crippen LogP contribution < -0.4 is 10.5 Å². The Balaban J connectivity index is 1.19. The van der Waals surface area contributed by atoms with Gasteiger partial charge >= 0.3 is 6.03 Å². The number of pyridine rings is 1. The molecule has 2 aliphatic heterocycles. The van der Waals surface area contributed by atoms with Gasteiger partial charge in [-0.2, -0.15) is 0 Å². The van der Waals surface area contributed by atoms with E-state index in [1.807, 2.05) is 11.0 Å². The van der Waals surface area contributed by atoms with Crippen molar-refractivity contribution in [3.05, 3.63) is 62.3 Å². The van der Waals surface area contributed by atoms with Gasteiger partial charge in [-0.1, -0.05) is 17.7 Å². The lowest BCUT2D eigenvalue weighted by atomic mass is 9.88. The number of amides is 3. The Hall–Kier alpha value is -2.36. The van der Waals surface area contributed by atoms with Gasteiger partial charge in [0.1, 0.15) is 0 Å². The van der Waals surface area contributed by atoms with Crippen LogP contribution in [0.4, 0.5) is 4.79 Å². The summed E-state index contributed by atoms with van der Waals surface area (Å²) in [5.74, 6) is 0.603. The number of likely N-dealkylation sites (tertiary alicyclic amines) is 1. The standard InChI is InChI=1S/C28H35BrClN5O3/c29-22-16-21-2-1-20-17-23(30)3-4-24(20)25(27(21)35(38)18-22)7-8-32-11-13-33(14-12-32)26(36)15-19-5-9-34(10-6-19)28(31)37/h3-4,16-19,25H,1-2,5-15H2,(H2-,31,37,38)/p+1. The van der Waals surface area contributed by atoms with Crippen LogP contribution in [-0.2, 0) is 17.6 Å². The number of carbonyl (C=O) groups excluding carboxylic acids is 2. The Morgan fingerprint density at radius 2 is 1.74 bits per heavy atom. The lowest BCUT2D eigenvalue weighted by Crippen LogP contribution is -2.50. The van der Waals surface area contributed by atoms with Crippen LogP contribution in [0.5, 0.6) is 0 Å². The highest BCUT2D eigenvalue weighted by Crippen LogP contribution is 2.37. The second kappa shape index (κ2) is 11.8. The molecule has 1 aromatic carbocycles. The Morgan fingerprint density at radius 3 is 2.45 bits per heavy atom. The largest absolute Gasteiger partial charge is 0.351 e. The molecule has 0 saturated carbocycles. The van der Waals surface area contributed by atoms with E-state index in [1.165, 1.54) is 15.9 Å². The maximum atomic E-state index is 13.0. The Morgan fingerprint density at radius 1 is 1.03 bits per heavy atom. The van der Waals surface area contributed by atoms with Gasteiger partial charge < -0.3 is 15.5 Å². The van der Waals surface area contributed by atoms with Gasteiger partial charge in [0.2, 0.25) is 17.8 Å². The number of primary amides is 1. The lowest BCUT2D eigenvalue weighted by Gasteiger charge is -2.37. The van der Waals surface area contributed by atoms with Crippen LogP contribution in [-0.4, -0.2) is 77.7 Å². The fourth-order valence-corrected chi connectivity index (χ4v) is 6.97. The molecule has 2 fully saturated rings. The van der Waals surface area contributed by atoms with Crippen molar-refractivity contribution in [2.75, 3.05) is 45.8 Å². The number of hydrogen-bond donors (Lipinski definition) is 2. The highest BCUT2D eigenvalue weighted by molar-refractivity contribution is 9.10. The van der Waals surface area contributed by atoms with Crippen molar-refractivity contribution in [1.82, 2.24) is 14.7 Å². The molecule has 0 bridgehead atoms. The summed E-state index contributed by atoms with van der Waals surface area (Å²) in [7, 11) is 0. The molecule has 2 aromatic rings. The zero-order chi connectivity index (χ0) is 26.8. The predicted octanol–water partition coefficient (Wildman–Crippen LogP) is 3.57. The number of hydrogen-bond acceptors (Lipinski definition) is 4. The van der Waals surface area contributed by atoms with E-state index in [0.717, 1.165) is 85.6 Å². The van der Waals surface area contributed by atoms with Gasteiger partial charge in [0.05, 0.1) is 10.4 Å². The molecule has 1 aromatic heterocycles. The zero-order valence-electron chi connectivity index (χ0n) is 21.6. The number of nitrogens with two attached hydrogens (primary N) is 1. The highest BCUT2D eigenvalue weighted by Gasteiger charge is 2.34. The molecule has 2 saturated heterocycles. The lowest BCUT2D eigenvalue weighted by molar-refractivity contribution is -0.910. The average Bonchev–Trinajstić information content (AvgIpc) is 3.04. The number of piperazine rings is 1. The van der Waals surface area contributed by atoms with Gasteiger partial charge in [-0.25, -0.2) is 4.79 Å². The van der Waals surface area contributed by atoms with Crippen molar-refractivity contribution in [3.63, 3.8) is 0 Å². The van der Waals surface area contributed by atoms with Gasteiger partial charge in [-0.05, 0) is 89.8 Å². The number of piperidine rings is 1. The maximum absolute atomic E-state index is 13.0. The van der Waals surface area contributed by atoms with E-state index in [1.54, 1.807) is 11.1 Å². The minimum absolute atomic E-state index is 0.0591. The summed E-state index contributed by atoms with van der Waals surface area (Å²) in [5, 5.41) is 11.6. The molecule has 3 heterocycles. The number of benzene rings is 1. The third kappa shape index (κ3) is 6.10. The van der Waals surface area contributed by atoms with Gasteiger partial charge in [0, 0.05) is 61.0 Å². The predicted molar refractivity (Wildman–Crippen MR) is 148 cm³/mol. The van der Waals surface area contributed by atoms with Crippen LogP contribution in [0.2, 0.25) is 5.02 Å². The molecule has 204 valence electrons. The molecule has 0 spiro atoms. The molecular formula is C28H36BrClN5O3+. The van der Waals surface area contributed by atoms with Crippen molar-refractivity contribution in [2.45, 2.75) is 44.4 Å². The average molecular weight is 606 g/mol. The molecule has 38 heavy (non-hydrogen) atoms. The summed E-state index contributed by atoms with van der Waals surface area (Å²) in [6.07, 6.45) is 6.55. The Labute approximate surface area is 237 Å². The van der Waals surface area contributed by atoms with E-state index in [4.69, 9.17) is 17.3 Å². The zero-order valence-corrected chi connectivity index (χ0v) is 24.0. The van der Waals surface area contributed by atoms with E-state index >= 15 is 0 Å². The van der Waals surface area contributed by atoms with E-state index in [0.29, 0.717) is 25.4 Å². The smallest absolute Gasteiger partial charge is 0.314 e. The summed E-state index contributed by atoms with van der Waals surface area (Å²) in [6, 6.07) is 7.87. The van der Waals surface area contributed by atoms with Crippen molar-refractivity contribution in [1.29, 1.82) is 0 Å². The minimum atomic E-state index is -0.368. The number of aryl methyl sites for hydroxylation is 2. The third-order valence-electron chi connectivity index (χ3n) is 8.46. The molecule has 3 N–H and O–H groups in total. The summed E-state index contributed by atoms with van der Waals surface area (Å²) in [4.78, 5) is 30.4. The monoisotopic (exact) mass is 604 g/mol. The molecule has 5 rings (SSSR count). The first-order chi connectivity index (χ1) is 18.3. The SMILES string of the molecule is NC(=O)N1CCC(CC(=O)N2CCN(CCC3c4ccc(Cl)cc4CCc4cc(Br)c[n+](O)c43)CC2)CC1. The third-order valence-corrected chi connectivity index (χ3v) is 9.13. The number of rotatable bonds is 5. The van der Waals surface area contributed by atoms with Gasteiger partial charge in [-0.15, -0.1) is 0 Å². The van der Waals surface area contributed by atoms with Crippen LogP contribution in [0, 0.1) is 5.92 Å². The van der Waals surface area contributed by atoms with E-state index < -0.39 is 0 Å². The fourth-order valence-electron chi connectivity index (χ4n) is 6.30. The molecule has 1 atom stereocenters. The molecule has 0 radical (unpaired) electrons. The number of halogens is 2. The molecule has 1 unspecified atom stereocenters. The van der Waals surface area contributed by atoms with Crippen molar-refractivity contribution < 1.29 is 19.5 Å². The summed E-state index contributed by atoms with van der Waals surface area (Å²) >= 11 is 9.87. The highest BCUT2D eigenvalue weighted by atomic mass is 79.9. The van der Waals surface area contributed by atoms with Gasteiger partial charge in [0.15, 0.2) is 0 Å². The van der Waals surface area contributed by atoms with Crippen LogP contribution >= 0.6 is 27.5 Å². The van der Waals surface area contributed by atoms with Crippen molar-refractivity contribution in [3.8, 4) is 0 Å². The number of aromatic nitrogens is 1. The van der Waals surface area contributed by atoms with Crippen LogP contribution in [0.25, 0.3) is 0 Å². The van der Waals surface area contributed by atoms with Crippen LogP contribution in [0.15, 0.2) is 34.9 Å².